The second-order valence-electron chi connectivity index (χ2n) is 7.82. The van der Waals surface area contributed by atoms with Gasteiger partial charge in [-0.15, -0.1) is 0 Å². The van der Waals surface area contributed by atoms with Gasteiger partial charge in [0.2, 0.25) is 5.91 Å². The fourth-order valence-corrected chi connectivity index (χ4v) is 5.18. The first-order valence-corrected chi connectivity index (χ1v) is 9.27. The summed E-state index contributed by atoms with van der Waals surface area (Å²) in [5.41, 5.74) is 4.13. The molecule has 25 heavy (non-hydrogen) atoms. The normalized spacial score (nSPS) is 25.8. The van der Waals surface area contributed by atoms with E-state index in [1.54, 1.807) is 0 Å². The summed E-state index contributed by atoms with van der Waals surface area (Å²) in [7, 11) is 0. The van der Waals surface area contributed by atoms with Crippen LogP contribution in [0.15, 0.2) is 42.5 Å². The van der Waals surface area contributed by atoms with Gasteiger partial charge in [0.25, 0.3) is 0 Å². The molecule has 0 aliphatic heterocycles. The molecule has 2 aromatic carbocycles. The highest BCUT2D eigenvalue weighted by molar-refractivity contribution is 6.22. The standard InChI is InChI=1S/C22H21NO2/c24-21(11-15-10-13-5-6-14(15)9-13)23-16-7-8-18-17-3-1-2-4-19(17)22(25)20(18)12-16/h1-4,7-8,12-15H,5-6,9-11H2,(H,23,24)/t13-,14-,15+/m0/s1. The third-order valence-corrected chi connectivity index (χ3v) is 6.34. The lowest BCUT2D eigenvalue weighted by molar-refractivity contribution is -0.117. The van der Waals surface area contributed by atoms with Crippen molar-refractivity contribution in [2.45, 2.75) is 32.1 Å². The Balaban J connectivity index is 1.33. The number of ketones is 1. The molecule has 2 aromatic rings. The van der Waals surface area contributed by atoms with E-state index in [4.69, 9.17) is 0 Å². The summed E-state index contributed by atoms with van der Waals surface area (Å²) >= 11 is 0. The molecule has 0 saturated heterocycles. The van der Waals surface area contributed by atoms with E-state index in [0.29, 0.717) is 17.9 Å². The Morgan fingerprint density at radius 2 is 1.76 bits per heavy atom. The van der Waals surface area contributed by atoms with Crippen molar-refractivity contribution in [3.8, 4) is 11.1 Å². The minimum atomic E-state index is 0.0507. The Kier molecular flexibility index (Phi) is 3.30. The van der Waals surface area contributed by atoms with E-state index in [2.05, 4.69) is 5.32 Å². The van der Waals surface area contributed by atoms with Crippen molar-refractivity contribution in [3.63, 3.8) is 0 Å². The summed E-state index contributed by atoms with van der Waals surface area (Å²) in [6, 6.07) is 13.4. The first kappa shape index (κ1) is 14.9. The summed E-state index contributed by atoms with van der Waals surface area (Å²) < 4.78 is 0. The number of carbonyl (C=O) groups excluding carboxylic acids is 2. The van der Waals surface area contributed by atoms with Crippen molar-refractivity contribution < 1.29 is 9.59 Å². The SMILES string of the molecule is O=C(C[C@H]1C[C@H]2CC[C@H]1C2)Nc1ccc2c(c1)C(=O)c1ccccc1-2. The molecular weight excluding hydrogens is 310 g/mol. The van der Waals surface area contributed by atoms with E-state index in [0.717, 1.165) is 34.2 Å². The van der Waals surface area contributed by atoms with Gasteiger partial charge in [-0.25, -0.2) is 0 Å². The van der Waals surface area contributed by atoms with E-state index in [1.807, 2.05) is 42.5 Å². The minimum absolute atomic E-state index is 0.0507. The smallest absolute Gasteiger partial charge is 0.224 e. The van der Waals surface area contributed by atoms with Gasteiger partial charge in [-0.05, 0) is 60.3 Å². The number of anilines is 1. The molecule has 0 unspecified atom stereocenters. The summed E-state index contributed by atoms with van der Waals surface area (Å²) in [5.74, 6) is 2.31. The third kappa shape index (κ3) is 2.41. The van der Waals surface area contributed by atoms with E-state index >= 15 is 0 Å². The summed E-state index contributed by atoms with van der Waals surface area (Å²) in [4.78, 5) is 25.0. The number of rotatable bonds is 3. The lowest BCUT2D eigenvalue weighted by Gasteiger charge is -2.21. The number of hydrogen-bond donors (Lipinski definition) is 1. The zero-order valence-corrected chi connectivity index (χ0v) is 14.1. The van der Waals surface area contributed by atoms with Crippen LogP contribution in [-0.2, 0) is 4.79 Å². The van der Waals surface area contributed by atoms with Crippen LogP contribution in [0.1, 0.15) is 48.0 Å². The van der Waals surface area contributed by atoms with Crippen LogP contribution in [0.5, 0.6) is 0 Å². The molecule has 2 fully saturated rings. The second-order valence-corrected chi connectivity index (χ2v) is 7.82. The van der Waals surface area contributed by atoms with Crippen LogP contribution in [0.3, 0.4) is 0 Å². The van der Waals surface area contributed by atoms with Crippen LogP contribution in [0.25, 0.3) is 11.1 Å². The highest BCUT2D eigenvalue weighted by atomic mass is 16.1. The van der Waals surface area contributed by atoms with Crippen LogP contribution < -0.4 is 5.32 Å². The largest absolute Gasteiger partial charge is 0.326 e. The van der Waals surface area contributed by atoms with Crippen molar-refractivity contribution >= 4 is 17.4 Å². The van der Waals surface area contributed by atoms with Gasteiger partial charge < -0.3 is 5.32 Å². The van der Waals surface area contributed by atoms with E-state index < -0.39 is 0 Å². The zero-order chi connectivity index (χ0) is 17.0. The molecule has 3 nitrogen and oxygen atoms in total. The lowest BCUT2D eigenvalue weighted by atomic mass is 9.86. The van der Waals surface area contributed by atoms with Gasteiger partial charge >= 0.3 is 0 Å². The molecule has 0 aromatic heterocycles. The van der Waals surface area contributed by atoms with Gasteiger partial charge in [-0.1, -0.05) is 36.8 Å². The molecule has 2 saturated carbocycles. The van der Waals surface area contributed by atoms with Crippen LogP contribution in [0.4, 0.5) is 5.69 Å². The predicted molar refractivity (Wildman–Crippen MR) is 97.5 cm³/mol. The molecule has 0 heterocycles. The molecule has 3 heteroatoms. The summed E-state index contributed by atoms with van der Waals surface area (Å²) in [6.07, 6.45) is 5.82. The molecule has 1 amide bonds. The molecule has 126 valence electrons. The van der Waals surface area contributed by atoms with Crippen molar-refractivity contribution in [2.75, 3.05) is 5.32 Å². The maximum absolute atomic E-state index is 12.6. The maximum Gasteiger partial charge on any atom is 0.224 e. The molecule has 0 spiro atoms. The van der Waals surface area contributed by atoms with E-state index in [1.165, 1.54) is 25.7 Å². The number of benzene rings is 2. The molecule has 1 N–H and O–H groups in total. The van der Waals surface area contributed by atoms with Crippen molar-refractivity contribution in [1.82, 2.24) is 0 Å². The molecule has 3 atom stereocenters. The lowest BCUT2D eigenvalue weighted by Crippen LogP contribution is -2.20. The molecule has 3 aliphatic rings. The van der Waals surface area contributed by atoms with Gasteiger partial charge in [0.15, 0.2) is 5.78 Å². The van der Waals surface area contributed by atoms with Gasteiger partial charge in [-0.3, -0.25) is 9.59 Å². The Labute approximate surface area is 147 Å². The van der Waals surface area contributed by atoms with Crippen molar-refractivity contribution in [1.29, 1.82) is 0 Å². The first-order valence-electron chi connectivity index (χ1n) is 9.27. The highest BCUT2D eigenvalue weighted by Crippen LogP contribution is 2.49. The fourth-order valence-electron chi connectivity index (χ4n) is 5.18. The van der Waals surface area contributed by atoms with Crippen LogP contribution >= 0.6 is 0 Å². The van der Waals surface area contributed by atoms with Gasteiger partial charge in [-0.2, -0.15) is 0 Å². The van der Waals surface area contributed by atoms with E-state index in [-0.39, 0.29) is 11.7 Å². The minimum Gasteiger partial charge on any atom is -0.326 e. The Morgan fingerprint density at radius 1 is 0.960 bits per heavy atom. The summed E-state index contributed by atoms with van der Waals surface area (Å²) in [6.45, 7) is 0. The first-order chi connectivity index (χ1) is 12.2. The number of amides is 1. The average molecular weight is 331 g/mol. The maximum atomic E-state index is 12.6. The van der Waals surface area contributed by atoms with Crippen LogP contribution in [0, 0.1) is 17.8 Å². The third-order valence-electron chi connectivity index (χ3n) is 6.34. The van der Waals surface area contributed by atoms with Crippen LogP contribution in [-0.4, -0.2) is 11.7 Å². The Morgan fingerprint density at radius 3 is 2.52 bits per heavy atom. The topological polar surface area (TPSA) is 46.2 Å². The molecular formula is C22H21NO2. The molecule has 0 radical (unpaired) electrons. The number of hydrogen-bond acceptors (Lipinski definition) is 2. The molecule has 3 aliphatic carbocycles. The summed E-state index contributed by atoms with van der Waals surface area (Å²) in [5, 5.41) is 3.01. The number of fused-ring (bicyclic) bond motifs is 5. The number of nitrogens with one attached hydrogen (secondary N) is 1. The second kappa shape index (κ2) is 5.55. The average Bonchev–Trinajstić information content (AvgIpc) is 3.30. The van der Waals surface area contributed by atoms with Crippen molar-refractivity contribution in [2.24, 2.45) is 17.8 Å². The number of carbonyl (C=O) groups is 2. The van der Waals surface area contributed by atoms with Gasteiger partial charge in [0.1, 0.15) is 0 Å². The van der Waals surface area contributed by atoms with Crippen molar-refractivity contribution in [3.05, 3.63) is 53.6 Å². The quantitative estimate of drug-likeness (QED) is 0.758. The van der Waals surface area contributed by atoms with Gasteiger partial charge in [0.05, 0.1) is 0 Å². The fraction of sp³-hybridized carbons (Fsp3) is 0.364. The van der Waals surface area contributed by atoms with E-state index in [9.17, 15) is 9.59 Å². The molecule has 2 bridgehead atoms. The monoisotopic (exact) mass is 331 g/mol. The van der Waals surface area contributed by atoms with Crippen LogP contribution in [0.2, 0.25) is 0 Å². The zero-order valence-electron chi connectivity index (χ0n) is 14.1. The Hall–Kier alpha value is -2.42. The predicted octanol–water partition coefficient (Wildman–Crippen LogP) is 4.66. The van der Waals surface area contributed by atoms with Gasteiger partial charge in [0, 0.05) is 23.2 Å². The molecule has 5 rings (SSSR count). The highest BCUT2D eigenvalue weighted by Gasteiger charge is 2.40. The Bertz CT molecular complexity index is 885.